The number of benzene rings is 2. The first-order chi connectivity index (χ1) is 32.7. The highest BCUT2D eigenvalue weighted by molar-refractivity contribution is 5.87. The summed E-state index contributed by atoms with van der Waals surface area (Å²) in [4.78, 5) is 84.8. The Morgan fingerprint density at radius 1 is 0.676 bits per heavy atom. The van der Waals surface area contributed by atoms with Crippen molar-refractivity contribution in [1.29, 1.82) is 0 Å². The summed E-state index contributed by atoms with van der Waals surface area (Å²) < 4.78 is 38.2. The number of H-pyrrole nitrogens is 2. The molecule has 4 aliphatic rings. The van der Waals surface area contributed by atoms with Gasteiger partial charge in [-0.2, -0.15) is 0 Å². The Hall–Kier alpha value is -6.60. The highest BCUT2D eigenvalue weighted by Gasteiger charge is 2.42. The molecule has 2 aromatic carbocycles. The van der Waals surface area contributed by atoms with E-state index in [4.69, 9.17) is 24.7 Å². The molecule has 4 aliphatic heterocycles. The predicted octanol–water partition coefficient (Wildman–Crippen LogP) is 7.58. The summed E-state index contributed by atoms with van der Waals surface area (Å²) in [5.41, 5.74) is 3.28. The van der Waals surface area contributed by atoms with Gasteiger partial charge in [0, 0.05) is 49.4 Å². The number of carbonyl (C=O) groups is 4. The molecule has 0 aliphatic carbocycles. The van der Waals surface area contributed by atoms with Gasteiger partial charge in [-0.05, 0) is 81.8 Å². The molecule has 68 heavy (non-hydrogen) atoms. The molecule has 0 saturated carbocycles. The smallest absolute Gasteiger partial charge is 0.407 e. The van der Waals surface area contributed by atoms with Gasteiger partial charge in [-0.15, -0.1) is 0 Å². The van der Waals surface area contributed by atoms with Crippen LogP contribution in [0.5, 0.6) is 0 Å². The van der Waals surface area contributed by atoms with Gasteiger partial charge in [0.25, 0.3) is 0 Å². The summed E-state index contributed by atoms with van der Waals surface area (Å²) in [6.07, 6.45) is 8.30. The minimum atomic E-state index is -1.28. The van der Waals surface area contributed by atoms with Crippen LogP contribution in [0.2, 0.25) is 0 Å². The number of likely N-dealkylation sites (tertiary alicyclic amines) is 2. The van der Waals surface area contributed by atoms with Crippen molar-refractivity contribution in [3.05, 3.63) is 71.1 Å². The fourth-order valence-electron chi connectivity index (χ4n) is 10.8. The summed E-state index contributed by atoms with van der Waals surface area (Å²) in [6.45, 7) is 9.87. The molecule has 0 spiro atoms. The standard InChI is InChI=1S/C48H60F2N12O6/c1-25(2)40(57-47(65)66)44(63)60-17-9-11-38(60)42-53-32-19-28(30(49)21-34(32)55-42)36-13-14-37(62(36)27-23-51-46(52-24-27)59-15-7-6-8-16-59)29-20-33-35(22-31(29)50)56-43(54-33)39-12-10-18-61(39)45(64)41(26(3)4)58-48(67)68-5/h19-26,36-41,57H,6-18H2,1-5H3,(H,53,55)(H,54,56)(H,58,67)(H,65,66)/t36-,37+,38+,39+,40+,41+/m1/s1. The zero-order valence-corrected chi connectivity index (χ0v) is 39.1. The van der Waals surface area contributed by atoms with E-state index in [1.807, 2.05) is 18.7 Å². The first-order valence-corrected chi connectivity index (χ1v) is 23.9. The number of alkyl carbamates (subject to hydrolysis) is 1. The number of halogens is 2. The topological polar surface area (TPSA) is 218 Å². The molecule has 4 saturated heterocycles. The Morgan fingerprint density at radius 3 is 1.62 bits per heavy atom. The van der Waals surface area contributed by atoms with E-state index in [0.29, 0.717) is 102 Å². The third-order valence-corrected chi connectivity index (χ3v) is 14.2. The predicted molar refractivity (Wildman–Crippen MR) is 249 cm³/mol. The first-order valence-electron chi connectivity index (χ1n) is 23.9. The molecule has 4 amide bonds. The molecular formula is C48H60F2N12O6. The van der Waals surface area contributed by atoms with Gasteiger partial charge in [-0.25, -0.2) is 38.3 Å². The summed E-state index contributed by atoms with van der Waals surface area (Å²) in [5.74, 6) is -0.451. The molecule has 9 rings (SSSR count). The Balaban J connectivity index is 1.04. The highest BCUT2D eigenvalue weighted by atomic mass is 19.1. The average molecular weight is 939 g/mol. The lowest BCUT2D eigenvalue weighted by atomic mass is 10.0. The van der Waals surface area contributed by atoms with Gasteiger partial charge in [0.2, 0.25) is 17.8 Å². The monoisotopic (exact) mass is 938 g/mol. The van der Waals surface area contributed by atoms with E-state index in [-0.39, 0.29) is 23.7 Å². The number of hydrogen-bond acceptors (Lipinski definition) is 11. The van der Waals surface area contributed by atoms with Crippen LogP contribution < -0.4 is 20.4 Å². The van der Waals surface area contributed by atoms with Crippen LogP contribution in [0.25, 0.3) is 22.1 Å². The van der Waals surface area contributed by atoms with E-state index in [1.165, 1.54) is 19.2 Å². The summed E-state index contributed by atoms with van der Waals surface area (Å²) in [6, 6.07) is 2.53. The van der Waals surface area contributed by atoms with Gasteiger partial charge in [-0.1, -0.05) is 27.7 Å². The minimum absolute atomic E-state index is 0.208. The normalized spacial score (nSPS) is 21.9. The average Bonchev–Trinajstić information content (AvgIpc) is 4.18. The van der Waals surface area contributed by atoms with Crippen molar-refractivity contribution < 1.29 is 37.8 Å². The van der Waals surface area contributed by atoms with Crippen molar-refractivity contribution in [2.45, 2.75) is 122 Å². The number of amides is 4. The Morgan fingerprint density at radius 2 is 1.16 bits per heavy atom. The molecule has 20 heteroatoms. The lowest BCUT2D eigenvalue weighted by Gasteiger charge is -2.33. The van der Waals surface area contributed by atoms with Crippen molar-refractivity contribution in [2.75, 3.05) is 43.1 Å². The fraction of sp³-hybridized carbons (Fsp3) is 0.542. The number of carbonyl (C=O) groups excluding carboxylic acids is 3. The zero-order valence-electron chi connectivity index (χ0n) is 39.1. The number of aromatic amines is 2. The summed E-state index contributed by atoms with van der Waals surface area (Å²) >= 11 is 0. The molecule has 6 atom stereocenters. The molecule has 0 radical (unpaired) electrons. The first kappa shape index (κ1) is 46.5. The number of anilines is 2. The molecule has 4 fully saturated rings. The van der Waals surface area contributed by atoms with E-state index in [9.17, 15) is 24.3 Å². The SMILES string of the molecule is COC(=O)N[C@H](C(=O)N1CCC[C@H]1c1nc2cc(F)c([C@@H]3CC[C@H](c4cc5[nH]c([C@@H]6CCCN6C(=O)[C@@H](NC(=O)O)C(C)C)nc5cc4F)N3c3cnc(N4CCCCC4)nc3)cc2[nH]1)C(C)C. The number of fused-ring (bicyclic) bond motifs is 2. The third kappa shape index (κ3) is 8.96. The lowest BCUT2D eigenvalue weighted by Crippen LogP contribution is -2.51. The van der Waals surface area contributed by atoms with Crippen LogP contribution in [0.1, 0.15) is 132 Å². The van der Waals surface area contributed by atoms with Crippen LogP contribution in [0.4, 0.5) is 30.0 Å². The number of carboxylic acid groups (broad SMARTS) is 1. The fourth-order valence-corrected chi connectivity index (χ4v) is 10.8. The number of hydrogen-bond donors (Lipinski definition) is 5. The van der Waals surface area contributed by atoms with Gasteiger partial charge in [0.1, 0.15) is 35.4 Å². The molecule has 0 unspecified atom stereocenters. The maximum atomic E-state index is 16.7. The number of nitrogens with zero attached hydrogens (tertiary/aromatic N) is 8. The summed E-state index contributed by atoms with van der Waals surface area (Å²) in [5, 5.41) is 14.5. The van der Waals surface area contributed by atoms with E-state index >= 15 is 8.78 Å². The van der Waals surface area contributed by atoms with Gasteiger partial charge < -0.3 is 50.0 Å². The van der Waals surface area contributed by atoms with Crippen molar-refractivity contribution in [3.8, 4) is 0 Å². The Kier molecular flexibility index (Phi) is 13.1. The number of nitrogens with one attached hydrogen (secondary N) is 4. The molecule has 5 aromatic rings. The number of methoxy groups -OCH3 is 1. The van der Waals surface area contributed by atoms with E-state index < -0.39 is 60.1 Å². The van der Waals surface area contributed by atoms with Crippen LogP contribution in [0.15, 0.2) is 36.7 Å². The highest BCUT2D eigenvalue weighted by Crippen LogP contribution is 2.49. The van der Waals surface area contributed by atoms with Crippen LogP contribution >= 0.6 is 0 Å². The number of imidazole rings is 2. The molecule has 362 valence electrons. The van der Waals surface area contributed by atoms with Gasteiger partial charge in [0.15, 0.2) is 0 Å². The van der Waals surface area contributed by atoms with Crippen molar-refractivity contribution in [2.24, 2.45) is 11.8 Å². The minimum Gasteiger partial charge on any atom is -0.465 e. The second-order valence-electron chi connectivity index (χ2n) is 19.2. The molecule has 7 heterocycles. The lowest BCUT2D eigenvalue weighted by molar-refractivity contribution is -0.136. The van der Waals surface area contributed by atoms with E-state index in [0.717, 1.165) is 38.8 Å². The number of ether oxygens (including phenoxy) is 1. The zero-order chi connectivity index (χ0) is 48.0. The van der Waals surface area contributed by atoms with Crippen molar-refractivity contribution >= 4 is 57.7 Å². The van der Waals surface area contributed by atoms with Crippen LogP contribution in [0, 0.1) is 23.5 Å². The molecular weight excluding hydrogens is 879 g/mol. The second-order valence-corrected chi connectivity index (χ2v) is 19.2. The molecule has 5 N–H and O–H groups in total. The molecule has 3 aromatic heterocycles. The van der Waals surface area contributed by atoms with E-state index in [1.54, 1.807) is 48.2 Å². The molecule has 18 nitrogen and oxygen atoms in total. The van der Waals surface area contributed by atoms with Crippen LogP contribution in [-0.4, -0.2) is 114 Å². The number of aromatic nitrogens is 6. The van der Waals surface area contributed by atoms with Crippen molar-refractivity contribution in [1.82, 2.24) is 50.3 Å². The summed E-state index contributed by atoms with van der Waals surface area (Å²) in [7, 11) is 1.25. The van der Waals surface area contributed by atoms with Crippen LogP contribution in [-0.2, 0) is 14.3 Å². The largest absolute Gasteiger partial charge is 0.465 e. The maximum Gasteiger partial charge on any atom is 0.407 e. The second kappa shape index (κ2) is 19.2. The Bertz CT molecular complexity index is 2690. The van der Waals surface area contributed by atoms with Gasteiger partial charge in [-0.3, -0.25) is 9.59 Å². The number of piperidine rings is 1. The Labute approximate surface area is 392 Å². The molecule has 0 bridgehead atoms. The van der Waals surface area contributed by atoms with Crippen LogP contribution in [0.3, 0.4) is 0 Å². The maximum absolute atomic E-state index is 16.7. The third-order valence-electron chi connectivity index (χ3n) is 14.2. The quantitative estimate of drug-likeness (QED) is 0.0818. The van der Waals surface area contributed by atoms with Gasteiger partial charge >= 0.3 is 12.2 Å². The van der Waals surface area contributed by atoms with E-state index in [2.05, 4.69) is 25.5 Å². The van der Waals surface area contributed by atoms with Gasteiger partial charge in [0.05, 0.1) is 71.4 Å². The number of rotatable bonds is 12. The van der Waals surface area contributed by atoms with Crippen molar-refractivity contribution in [3.63, 3.8) is 0 Å².